The summed E-state index contributed by atoms with van der Waals surface area (Å²) in [6, 6.07) is 9.08. The van der Waals surface area contributed by atoms with Crippen LogP contribution in [0.3, 0.4) is 0 Å². The summed E-state index contributed by atoms with van der Waals surface area (Å²) < 4.78 is 5.66. The van der Waals surface area contributed by atoms with Crippen molar-refractivity contribution in [2.75, 3.05) is 11.9 Å². The molecule has 0 unspecified atom stereocenters. The van der Waals surface area contributed by atoms with E-state index in [0.717, 1.165) is 36.1 Å². The Morgan fingerprint density at radius 1 is 1.08 bits per heavy atom. The van der Waals surface area contributed by atoms with Crippen molar-refractivity contribution in [2.24, 2.45) is 0 Å². The van der Waals surface area contributed by atoms with Crippen molar-refractivity contribution in [3.63, 3.8) is 0 Å². The number of hydrogen-bond donors (Lipinski definition) is 1. The maximum absolute atomic E-state index is 12.5. The van der Waals surface area contributed by atoms with Gasteiger partial charge in [0.1, 0.15) is 0 Å². The molecule has 0 radical (unpaired) electrons. The average molecular weight is 380 g/mol. The molecule has 0 aliphatic carbocycles. The molecule has 2 aromatic rings. The van der Waals surface area contributed by atoms with E-state index in [4.69, 9.17) is 27.9 Å². The molecule has 0 fully saturated rings. The zero-order valence-electron chi connectivity index (χ0n) is 14.8. The standard InChI is InChI=1S/C20H23Cl2NO2/c1-4-5-6-9-25-19-16(21)11-15(12-17(19)22)20(24)23-18-10-13(2)7-8-14(18)3/h7-8,10-12H,4-6,9H2,1-3H3,(H,23,24). The molecule has 134 valence electrons. The molecule has 0 heterocycles. The molecular weight excluding hydrogens is 357 g/mol. The van der Waals surface area contributed by atoms with Gasteiger partial charge >= 0.3 is 0 Å². The van der Waals surface area contributed by atoms with Gasteiger partial charge in [-0.3, -0.25) is 4.79 Å². The highest BCUT2D eigenvalue weighted by atomic mass is 35.5. The van der Waals surface area contributed by atoms with Crippen LogP contribution in [0.5, 0.6) is 5.75 Å². The molecule has 0 spiro atoms. The molecule has 1 amide bonds. The van der Waals surface area contributed by atoms with E-state index >= 15 is 0 Å². The van der Waals surface area contributed by atoms with E-state index in [1.54, 1.807) is 12.1 Å². The van der Waals surface area contributed by atoms with E-state index in [0.29, 0.717) is 28.0 Å². The number of ether oxygens (including phenoxy) is 1. The minimum Gasteiger partial charge on any atom is -0.490 e. The topological polar surface area (TPSA) is 38.3 Å². The van der Waals surface area contributed by atoms with Crippen molar-refractivity contribution >= 4 is 34.8 Å². The minimum atomic E-state index is -0.255. The summed E-state index contributed by atoms with van der Waals surface area (Å²) in [6.07, 6.45) is 3.14. The van der Waals surface area contributed by atoms with E-state index in [1.807, 2.05) is 32.0 Å². The van der Waals surface area contributed by atoms with Gasteiger partial charge in [-0.2, -0.15) is 0 Å². The molecule has 3 nitrogen and oxygen atoms in total. The van der Waals surface area contributed by atoms with Crippen LogP contribution in [0.4, 0.5) is 5.69 Å². The molecule has 0 aromatic heterocycles. The molecule has 0 atom stereocenters. The van der Waals surface area contributed by atoms with E-state index in [9.17, 15) is 4.79 Å². The van der Waals surface area contributed by atoms with Crippen molar-refractivity contribution in [2.45, 2.75) is 40.0 Å². The van der Waals surface area contributed by atoms with Crippen LogP contribution in [0.1, 0.15) is 47.7 Å². The van der Waals surface area contributed by atoms with E-state index in [-0.39, 0.29) is 5.91 Å². The van der Waals surface area contributed by atoms with Gasteiger partial charge in [0.25, 0.3) is 5.91 Å². The van der Waals surface area contributed by atoms with Gasteiger partial charge in [0.05, 0.1) is 16.7 Å². The Labute approximate surface area is 159 Å². The highest BCUT2D eigenvalue weighted by Crippen LogP contribution is 2.34. The molecule has 0 bridgehead atoms. The SMILES string of the molecule is CCCCCOc1c(Cl)cc(C(=O)Nc2cc(C)ccc2C)cc1Cl. The Kier molecular flexibility index (Phi) is 7.15. The Hall–Kier alpha value is -1.71. The summed E-state index contributed by atoms with van der Waals surface area (Å²) in [5.74, 6) is 0.178. The first-order valence-corrected chi connectivity index (χ1v) is 9.18. The maximum Gasteiger partial charge on any atom is 0.255 e. The third-order valence-electron chi connectivity index (χ3n) is 3.90. The number of anilines is 1. The van der Waals surface area contributed by atoms with Gasteiger partial charge in [-0.1, -0.05) is 55.1 Å². The minimum absolute atomic E-state index is 0.255. The highest BCUT2D eigenvalue weighted by molar-refractivity contribution is 6.37. The Bertz CT molecular complexity index is 736. The molecule has 2 rings (SSSR count). The lowest BCUT2D eigenvalue weighted by atomic mass is 10.1. The fourth-order valence-electron chi connectivity index (χ4n) is 2.42. The lowest BCUT2D eigenvalue weighted by Crippen LogP contribution is -2.13. The highest BCUT2D eigenvalue weighted by Gasteiger charge is 2.15. The summed E-state index contributed by atoms with van der Waals surface area (Å²) in [6.45, 7) is 6.61. The number of aryl methyl sites for hydroxylation is 2. The molecule has 2 aromatic carbocycles. The van der Waals surface area contributed by atoms with Crippen molar-refractivity contribution in [1.82, 2.24) is 0 Å². The van der Waals surface area contributed by atoms with Gasteiger partial charge in [-0.25, -0.2) is 0 Å². The number of nitrogens with one attached hydrogen (secondary N) is 1. The van der Waals surface area contributed by atoms with Gasteiger partial charge in [-0.15, -0.1) is 0 Å². The van der Waals surface area contributed by atoms with Crippen LogP contribution in [0.15, 0.2) is 30.3 Å². The number of carbonyl (C=O) groups is 1. The zero-order chi connectivity index (χ0) is 18.4. The number of hydrogen-bond acceptors (Lipinski definition) is 2. The first kappa shape index (κ1) is 19.6. The molecule has 0 aliphatic rings. The average Bonchev–Trinajstić information content (AvgIpc) is 2.56. The first-order chi connectivity index (χ1) is 11.9. The molecule has 1 N–H and O–H groups in total. The third kappa shape index (κ3) is 5.38. The van der Waals surface area contributed by atoms with E-state index < -0.39 is 0 Å². The van der Waals surface area contributed by atoms with Crippen LogP contribution in [0.25, 0.3) is 0 Å². The van der Waals surface area contributed by atoms with Crippen molar-refractivity contribution in [1.29, 1.82) is 0 Å². The number of unbranched alkanes of at least 4 members (excludes halogenated alkanes) is 2. The molecule has 0 aliphatic heterocycles. The third-order valence-corrected chi connectivity index (χ3v) is 4.46. The van der Waals surface area contributed by atoms with Crippen LogP contribution in [-0.2, 0) is 0 Å². The first-order valence-electron chi connectivity index (χ1n) is 8.42. The van der Waals surface area contributed by atoms with Gasteiger partial charge < -0.3 is 10.1 Å². The maximum atomic E-state index is 12.5. The molecule has 0 saturated carbocycles. The van der Waals surface area contributed by atoms with Crippen LogP contribution >= 0.6 is 23.2 Å². The van der Waals surface area contributed by atoms with Crippen molar-refractivity contribution < 1.29 is 9.53 Å². The molecule has 5 heteroatoms. The van der Waals surface area contributed by atoms with Crippen LogP contribution in [0, 0.1) is 13.8 Å². The van der Waals surface area contributed by atoms with Crippen molar-refractivity contribution in [3.05, 3.63) is 57.1 Å². The molecule has 0 saturated heterocycles. The summed E-state index contributed by atoms with van der Waals surface area (Å²) in [4.78, 5) is 12.5. The lowest BCUT2D eigenvalue weighted by Gasteiger charge is -2.13. The second-order valence-electron chi connectivity index (χ2n) is 6.10. The number of carbonyl (C=O) groups excluding carboxylic acids is 1. The smallest absolute Gasteiger partial charge is 0.255 e. The monoisotopic (exact) mass is 379 g/mol. The fourth-order valence-corrected chi connectivity index (χ4v) is 3.02. The largest absolute Gasteiger partial charge is 0.490 e. The Morgan fingerprint density at radius 2 is 1.76 bits per heavy atom. The van der Waals surface area contributed by atoms with Gasteiger partial charge in [-0.05, 0) is 49.6 Å². The van der Waals surface area contributed by atoms with Gasteiger partial charge in [0.15, 0.2) is 5.75 Å². The zero-order valence-corrected chi connectivity index (χ0v) is 16.3. The predicted molar refractivity (Wildman–Crippen MR) is 105 cm³/mol. The van der Waals surface area contributed by atoms with Crippen LogP contribution in [0.2, 0.25) is 10.0 Å². The van der Waals surface area contributed by atoms with E-state index in [2.05, 4.69) is 12.2 Å². The fraction of sp³-hybridized carbons (Fsp3) is 0.350. The molecule has 25 heavy (non-hydrogen) atoms. The molecular formula is C20H23Cl2NO2. The summed E-state index contributed by atoms with van der Waals surface area (Å²) >= 11 is 12.5. The number of benzene rings is 2. The quantitative estimate of drug-likeness (QED) is 0.562. The lowest BCUT2D eigenvalue weighted by molar-refractivity contribution is 0.102. The Balaban J connectivity index is 2.14. The van der Waals surface area contributed by atoms with Crippen LogP contribution < -0.4 is 10.1 Å². The second kappa shape index (κ2) is 9.12. The predicted octanol–water partition coefficient (Wildman–Crippen LogP) is 6.43. The summed E-state index contributed by atoms with van der Waals surface area (Å²) in [5.41, 5.74) is 3.24. The van der Waals surface area contributed by atoms with E-state index in [1.165, 1.54) is 0 Å². The number of rotatable bonds is 7. The second-order valence-corrected chi connectivity index (χ2v) is 6.91. The summed E-state index contributed by atoms with van der Waals surface area (Å²) in [7, 11) is 0. The van der Waals surface area contributed by atoms with Crippen LogP contribution in [-0.4, -0.2) is 12.5 Å². The van der Waals surface area contributed by atoms with Gasteiger partial charge in [0.2, 0.25) is 0 Å². The van der Waals surface area contributed by atoms with Gasteiger partial charge in [0, 0.05) is 11.3 Å². The van der Waals surface area contributed by atoms with Crippen molar-refractivity contribution in [3.8, 4) is 5.75 Å². The number of halogens is 2. The Morgan fingerprint density at radius 3 is 2.40 bits per heavy atom. The summed E-state index contributed by atoms with van der Waals surface area (Å²) in [5, 5.41) is 3.59. The number of amides is 1. The normalized spacial score (nSPS) is 10.6.